The van der Waals surface area contributed by atoms with Crippen LogP contribution in [0.4, 0.5) is 5.69 Å². The summed E-state index contributed by atoms with van der Waals surface area (Å²) in [5.74, 6) is -0.0740. The number of rotatable bonds is 2. The number of carbonyl (C=O) groups is 1. The predicted octanol–water partition coefficient (Wildman–Crippen LogP) is 4.38. The molecule has 1 N–H and O–H groups in total. The van der Waals surface area contributed by atoms with Gasteiger partial charge < -0.3 is 5.32 Å². The Bertz CT molecular complexity index is 562. The SMILES string of the molecule is Cc1ccc(NC(=O)c2sccc2Br)cc1C. The monoisotopic (exact) mass is 309 g/mol. The molecule has 1 aromatic heterocycles. The zero-order valence-corrected chi connectivity index (χ0v) is 12.0. The van der Waals surface area contributed by atoms with Crippen molar-refractivity contribution in [3.05, 3.63) is 50.1 Å². The summed E-state index contributed by atoms with van der Waals surface area (Å²) in [6.07, 6.45) is 0. The molecule has 0 saturated heterocycles. The summed E-state index contributed by atoms with van der Waals surface area (Å²) in [4.78, 5) is 12.7. The highest BCUT2D eigenvalue weighted by atomic mass is 79.9. The molecule has 0 radical (unpaired) electrons. The molecule has 0 unspecified atom stereocenters. The Kier molecular flexibility index (Phi) is 3.64. The summed E-state index contributed by atoms with van der Waals surface area (Å²) >= 11 is 4.78. The Hall–Kier alpha value is -1.13. The molecule has 0 bridgehead atoms. The fourth-order valence-corrected chi connectivity index (χ4v) is 2.91. The van der Waals surface area contributed by atoms with Gasteiger partial charge in [-0.1, -0.05) is 6.07 Å². The number of aryl methyl sites for hydroxylation is 2. The molecule has 0 saturated carbocycles. The maximum Gasteiger partial charge on any atom is 0.266 e. The van der Waals surface area contributed by atoms with E-state index in [0.717, 1.165) is 10.2 Å². The lowest BCUT2D eigenvalue weighted by atomic mass is 10.1. The van der Waals surface area contributed by atoms with Gasteiger partial charge in [0.2, 0.25) is 0 Å². The van der Waals surface area contributed by atoms with E-state index in [1.54, 1.807) is 0 Å². The minimum Gasteiger partial charge on any atom is -0.321 e. The van der Waals surface area contributed by atoms with Crippen molar-refractivity contribution in [2.45, 2.75) is 13.8 Å². The lowest BCUT2D eigenvalue weighted by Gasteiger charge is -2.06. The third-order valence-corrected chi connectivity index (χ3v) is 4.42. The van der Waals surface area contributed by atoms with E-state index in [1.807, 2.05) is 36.6 Å². The first-order valence-electron chi connectivity index (χ1n) is 5.19. The van der Waals surface area contributed by atoms with Crippen LogP contribution >= 0.6 is 27.3 Å². The second-order valence-corrected chi connectivity index (χ2v) is 5.62. The van der Waals surface area contributed by atoms with Crippen molar-refractivity contribution in [2.24, 2.45) is 0 Å². The van der Waals surface area contributed by atoms with Crippen LogP contribution in [0.2, 0.25) is 0 Å². The quantitative estimate of drug-likeness (QED) is 0.876. The van der Waals surface area contributed by atoms with Crippen molar-refractivity contribution >= 4 is 38.9 Å². The molecule has 4 heteroatoms. The van der Waals surface area contributed by atoms with Gasteiger partial charge in [-0.15, -0.1) is 11.3 Å². The number of amides is 1. The van der Waals surface area contributed by atoms with Crippen molar-refractivity contribution in [1.29, 1.82) is 0 Å². The van der Waals surface area contributed by atoms with E-state index in [9.17, 15) is 4.79 Å². The summed E-state index contributed by atoms with van der Waals surface area (Å²) in [7, 11) is 0. The summed E-state index contributed by atoms with van der Waals surface area (Å²) in [5, 5.41) is 4.78. The first kappa shape index (κ1) is 12.3. The maximum atomic E-state index is 12.0. The Labute approximate surface area is 113 Å². The van der Waals surface area contributed by atoms with Gasteiger partial charge in [0, 0.05) is 10.2 Å². The van der Waals surface area contributed by atoms with Crippen LogP contribution in [0, 0.1) is 13.8 Å². The third-order valence-electron chi connectivity index (χ3n) is 2.59. The number of benzene rings is 1. The summed E-state index contributed by atoms with van der Waals surface area (Å²) in [6.45, 7) is 4.09. The molecule has 0 spiro atoms. The number of carbonyl (C=O) groups excluding carboxylic acids is 1. The van der Waals surface area contributed by atoms with Crippen molar-refractivity contribution in [2.75, 3.05) is 5.32 Å². The van der Waals surface area contributed by atoms with E-state index in [0.29, 0.717) is 4.88 Å². The molecule has 2 aromatic rings. The van der Waals surface area contributed by atoms with Gasteiger partial charge in [-0.05, 0) is 64.5 Å². The van der Waals surface area contributed by atoms with Gasteiger partial charge in [0.05, 0.1) is 0 Å². The molecule has 1 aromatic carbocycles. The molecule has 2 nitrogen and oxygen atoms in total. The molecule has 1 heterocycles. The van der Waals surface area contributed by atoms with E-state index in [1.165, 1.54) is 22.5 Å². The first-order valence-corrected chi connectivity index (χ1v) is 6.87. The van der Waals surface area contributed by atoms with Crippen molar-refractivity contribution < 1.29 is 4.79 Å². The van der Waals surface area contributed by atoms with Gasteiger partial charge >= 0.3 is 0 Å². The number of nitrogens with one attached hydrogen (secondary N) is 1. The average Bonchev–Trinajstić information content (AvgIpc) is 2.70. The van der Waals surface area contributed by atoms with E-state index < -0.39 is 0 Å². The van der Waals surface area contributed by atoms with Crippen LogP contribution in [0.3, 0.4) is 0 Å². The van der Waals surface area contributed by atoms with Crippen LogP contribution in [-0.4, -0.2) is 5.91 Å². The second-order valence-electron chi connectivity index (χ2n) is 3.85. The molecular formula is C13H12BrNOS. The van der Waals surface area contributed by atoms with Gasteiger partial charge in [-0.3, -0.25) is 4.79 Å². The summed E-state index contributed by atoms with van der Waals surface area (Å²) in [5.41, 5.74) is 3.23. The fourth-order valence-electron chi connectivity index (χ4n) is 1.46. The maximum absolute atomic E-state index is 12.0. The van der Waals surface area contributed by atoms with Gasteiger partial charge in [0.15, 0.2) is 0 Å². The minimum absolute atomic E-state index is 0.0740. The standard InChI is InChI=1S/C13H12BrNOS/c1-8-3-4-10(7-9(8)2)15-13(16)12-11(14)5-6-17-12/h3-7H,1-2H3,(H,15,16). The van der Waals surface area contributed by atoms with Gasteiger partial charge in [-0.2, -0.15) is 0 Å². The molecule has 0 aliphatic rings. The topological polar surface area (TPSA) is 29.1 Å². The molecule has 0 fully saturated rings. The number of hydrogen-bond donors (Lipinski definition) is 1. The zero-order valence-electron chi connectivity index (χ0n) is 9.58. The lowest BCUT2D eigenvalue weighted by molar-refractivity contribution is 0.103. The number of thiophene rings is 1. The molecule has 0 aliphatic carbocycles. The Morgan fingerprint density at radius 3 is 2.59 bits per heavy atom. The highest BCUT2D eigenvalue weighted by molar-refractivity contribution is 9.10. The smallest absolute Gasteiger partial charge is 0.266 e. The van der Waals surface area contributed by atoms with Crippen LogP contribution in [0.5, 0.6) is 0 Å². The molecular weight excluding hydrogens is 298 g/mol. The van der Waals surface area contributed by atoms with E-state index in [4.69, 9.17) is 0 Å². The van der Waals surface area contributed by atoms with Gasteiger partial charge in [0.1, 0.15) is 4.88 Å². The summed E-state index contributed by atoms with van der Waals surface area (Å²) in [6, 6.07) is 7.78. The fraction of sp³-hybridized carbons (Fsp3) is 0.154. The van der Waals surface area contributed by atoms with Crippen molar-refractivity contribution in [1.82, 2.24) is 0 Å². The van der Waals surface area contributed by atoms with Crippen LogP contribution in [0.1, 0.15) is 20.8 Å². The Morgan fingerprint density at radius 2 is 2.00 bits per heavy atom. The van der Waals surface area contributed by atoms with Crippen LogP contribution < -0.4 is 5.32 Å². The Morgan fingerprint density at radius 1 is 1.24 bits per heavy atom. The number of halogens is 1. The van der Waals surface area contributed by atoms with E-state index in [2.05, 4.69) is 28.2 Å². The molecule has 0 atom stereocenters. The van der Waals surface area contributed by atoms with Gasteiger partial charge in [-0.25, -0.2) is 0 Å². The molecule has 88 valence electrons. The van der Waals surface area contributed by atoms with Gasteiger partial charge in [0.25, 0.3) is 5.91 Å². The van der Waals surface area contributed by atoms with E-state index >= 15 is 0 Å². The average molecular weight is 310 g/mol. The molecule has 17 heavy (non-hydrogen) atoms. The minimum atomic E-state index is -0.0740. The Balaban J connectivity index is 2.19. The lowest BCUT2D eigenvalue weighted by Crippen LogP contribution is -2.10. The third kappa shape index (κ3) is 2.76. The molecule has 1 amide bonds. The second kappa shape index (κ2) is 5.02. The highest BCUT2D eigenvalue weighted by Gasteiger charge is 2.11. The van der Waals surface area contributed by atoms with E-state index in [-0.39, 0.29) is 5.91 Å². The highest BCUT2D eigenvalue weighted by Crippen LogP contribution is 2.24. The molecule has 2 rings (SSSR count). The summed E-state index contributed by atoms with van der Waals surface area (Å²) < 4.78 is 0.837. The zero-order chi connectivity index (χ0) is 12.4. The van der Waals surface area contributed by atoms with Crippen molar-refractivity contribution in [3.8, 4) is 0 Å². The number of hydrogen-bond acceptors (Lipinski definition) is 2. The normalized spacial score (nSPS) is 10.3. The molecule has 0 aliphatic heterocycles. The first-order chi connectivity index (χ1) is 8.08. The largest absolute Gasteiger partial charge is 0.321 e. The van der Waals surface area contributed by atoms with Crippen molar-refractivity contribution in [3.63, 3.8) is 0 Å². The van der Waals surface area contributed by atoms with Crippen LogP contribution in [-0.2, 0) is 0 Å². The number of anilines is 1. The van der Waals surface area contributed by atoms with Crippen LogP contribution in [0.25, 0.3) is 0 Å². The predicted molar refractivity (Wildman–Crippen MR) is 75.9 cm³/mol. The van der Waals surface area contributed by atoms with Crippen LogP contribution in [0.15, 0.2) is 34.1 Å².